The summed E-state index contributed by atoms with van der Waals surface area (Å²) in [5.74, 6) is 0. The van der Waals surface area contributed by atoms with Crippen LogP contribution in [0, 0.1) is 0 Å². The number of aryl methyl sites for hydroxylation is 2. The first kappa shape index (κ1) is 13.9. The lowest BCUT2D eigenvalue weighted by Crippen LogP contribution is -2.02. The predicted octanol–water partition coefficient (Wildman–Crippen LogP) is 3.78. The van der Waals surface area contributed by atoms with E-state index in [0.29, 0.717) is 6.54 Å². The molecule has 21 heavy (non-hydrogen) atoms. The molecule has 1 aromatic heterocycles. The van der Waals surface area contributed by atoms with E-state index >= 15 is 0 Å². The number of nitrogens with zero attached hydrogens (tertiary/aromatic N) is 1. The van der Waals surface area contributed by atoms with E-state index in [9.17, 15) is 0 Å². The fourth-order valence-corrected chi connectivity index (χ4v) is 2.96. The van der Waals surface area contributed by atoms with Gasteiger partial charge in [0.1, 0.15) is 0 Å². The molecule has 2 aromatic carbocycles. The SMILES string of the molecule is NCCc1cn(CCCc2ccccc2)c2ccccc12. The highest BCUT2D eigenvalue weighted by atomic mass is 15.0. The molecular weight excluding hydrogens is 256 g/mol. The predicted molar refractivity (Wildman–Crippen MR) is 89.5 cm³/mol. The highest BCUT2D eigenvalue weighted by molar-refractivity contribution is 5.84. The fraction of sp³-hybridized carbons (Fsp3) is 0.263. The minimum atomic E-state index is 0.706. The summed E-state index contributed by atoms with van der Waals surface area (Å²) in [5, 5.41) is 1.35. The fourth-order valence-electron chi connectivity index (χ4n) is 2.96. The molecule has 2 heteroatoms. The minimum absolute atomic E-state index is 0.706. The molecule has 0 aliphatic rings. The van der Waals surface area contributed by atoms with Gasteiger partial charge in [0.2, 0.25) is 0 Å². The Bertz CT molecular complexity index is 698. The number of aromatic nitrogens is 1. The summed E-state index contributed by atoms with van der Waals surface area (Å²) < 4.78 is 2.38. The van der Waals surface area contributed by atoms with Crippen molar-refractivity contribution < 1.29 is 0 Å². The first-order valence-corrected chi connectivity index (χ1v) is 7.69. The lowest BCUT2D eigenvalue weighted by molar-refractivity contribution is 0.660. The zero-order valence-electron chi connectivity index (χ0n) is 12.3. The van der Waals surface area contributed by atoms with Gasteiger partial charge in [-0.25, -0.2) is 0 Å². The lowest BCUT2D eigenvalue weighted by Gasteiger charge is -2.05. The molecule has 0 saturated carbocycles. The average molecular weight is 278 g/mol. The summed E-state index contributed by atoms with van der Waals surface area (Å²) in [6.45, 7) is 1.76. The second-order valence-corrected chi connectivity index (χ2v) is 5.49. The van der Waals surface area contributed by atoms with Gasteiger partial charge >= 0.3 is 0 Å². The van der Waals surface area contributed by atoms with Gasteiger partial charge in [-0.05, 0) is 43.0 Å². The van der Waals surface area contributed by atoms with Crippen LogP contribution in [0.5, 0.6) is 0 Å². The number of para-hydroxylation sites is 1. The molecule has 2 N–H and O–H groups in total. The Morgan fingerprint density at radius 3 is 2.43 bits per heavy atom. The second kappa shape index (κ2) is 6.59. The maximum absolute atomic E-state index is 5.73. The van der Waals surface area contributed by atoms with Crippen LogP contribution in [0.1, 0.15) is 17.5 Å². The molecule has 0 aliphatic heterocycles. The van der Waals surface area contributed by atoms with Gasteiger partial charge in [-0.15, -0.1) is 0 Å². The summed E-state index contributed by atoms with van der Waals surface area (Å²) in [4.78, 5) is 0. The largest absolute Gasteiger partial charge is 0.347 e. The molecule has 0 saturated heterocycles. The van der Waals surface area contributed by atoms with Crippen LogP contribution >= 0.6 is 0 Å². The van der Waals surface area contributed by atoms with Gasteiger partial charge < -0.3 is 10.3 Å². The van der Waals surface area contributed by atoms with Gasteiger partial charge in [0.05, 0.1) is 0 Å². The molecule has 0 spiro atoms. The van der Waals surface area contributed by atoms with Crippen LogP contribution < -0.4 is 5.73 Å². The van der Waals surface area contributed by atoms with E-state index in [1.807, 2.05) is 0 Å². The molecule has 108 valence electrons. The molecule has 0 amide bonds. The zero-order valence-corrected chi connectivity index (χ0v) is 12.3. The van der Waals surface area contributed by atoms with Crippen molar-refractivity contribution in [3.8, 4) is 0 Å². The van der Waals surface area contributed by atoms with E-state index in [1.54, 1.807) is 0 Å². The number of hydrogen-bond acceptors (Lipinski definition) is 1. The molecule has 0 atom stereocenters. The topological polar surface area (TPSA) is 30.9 Å². The smallest absolute Gasteiger partial charge is 0.0483 e. The van der Waals surface area contributed by atoms with Crippen LogP contribution in [-0.2, 0) is 19.4 Å². The monoisotopic (exact) mass is 278 g/mol. The molecule has 0 fully saturated rings. The quantitative estimate of drug-likeness (QED) is 0.731. The van der Waals surface area contributed by atoms with Crippen molar-refractivity contribution in [3.05, 3.63) is 71.9 Å². The van der Waals surface area contributed by atoms with E-state index < -0.39 is 0 Å². The molecule has 0 radical (unpaired) electrons. The van der Waals surface area contributed by atoms with Crippen LogP contribution in [0.3, 0.4) is 0 Å². The number of benzene rings is 2. The number of rotatable bonds is 6. The number of hydrogen-bond donors (Lipinski definition) is 1. The van der Waals surface area contributed by atoms with Crippen molar-refractivity contribution in [2.75, 3.05) is 6.54 Å². The van der Waals surface area contributed by atoms with Crippen LogP contribution in [0.15, 0.2) is 60.8 Å². The molecule has 0 unspecified atom stereocenters. The number of fused-ring (bicyclic) bond motifs is 1. The molecular formula is C19H22N2. The van der Waals surface area contributed by atoms with Gasteiger partial charge in [-0.1, -0.05) is 48.5 Å². The normalized spacial score (nSPS) is 11.1. The Balaban J connectivity index is 1.74. The third kappa shape index (κ3) is 3.17. The second-order valence-electron chi connectivity index (χ2n) is 5.49. The van der Waals surface area contributed by atoms with Gasteiger partial charge in [0.15, 0.2) is 0 Å². The molecule has 0 aliphatic carbocycles. The number of nitrogens with two attached hydrogens (primary N) is 1. The van der Waals surface area contributed by atoms with Crippen molar-refractivity contribution >= 4 is 10.9 Å². The maximum atomic E-state index is 5.73. The first-order chi connectivity index (χ1) is 10.4. The van der Waals surface area contributed by atoms with Crippen LogP contribution in [0.4, 0.5) is 0 Å². The van der Waals surface area contributed by atoms with E-state index in [-0.39, 0.29) is 0 Å². The summed E-state index contributed by atoms with van der Waals surface area (Å²) in [6, 6.07) is 19.3. The van der Waals surface area contributed by atoms with Crippen LogP contribution in [0.2, 0.25) is 0 Å². The highest BCUT2D eigenvalue weighted by Crippen LogP contribution is 2.22. The van der Waals surface area contributed by atoms with E-state index in [1.165, 1.54) is 22.0 Å². The summed E-state index contributed by atoms with van der Waals surface area (Å²) >= 11 is 0. The van der Waals surface area contributed by atoms with Crippen molar-refractivity contribution in [2.24, 2.45) is 5.73 Å². The Hall–Kier alpha value is -2.06. The third-order valence-electron chi connectivity index (χ3n) is 3.99. The lowest BCUT2D eigenvalue weighted by atomic mass is 10.1. The Labute approximate surface area is 126 Å². The first-order valence-electron chi connectivity index (χ1n) is 7.69. The third-order valence-corrected chi connectivity index (χ3v) is 3.99. The molecule has 2 nitrogen and oxygen atoms in total. The summed E-state index contributed by atoms with van der Waals surface area (Å²) in [5.41, 5.74) is 9.84. The van der Waals surface area contributed by atoms with Crippen LogP contribution in [-0.4, -0.2) is 11.1 Å². The minimum Gasteiger partial charge on any atom is -0.347 e. The van der Waals surface area contributed by atoms with Gasteiger partial charge in [0.25, 0.3) is 0 Å². The molecule has 3 aromatic rings. The van der Waals surface area contributed by atoms with Crippen molar-refractivity contribution in [1.82, 2.24) is 4.57 Å². The maximum Gasteiger partial charge on any atom is 0.0483 e. The molecule has 0 bridgehead atoms. The van der Waals surface area contributed by atoms with Gasteiger partial charge in [0, 0.05) is 23.6 Å². The highest BCUT2D eigenvalue weighted by Gasteiger charge is 2.07. The van der Waals surface area contributed by atoms with E-state index in [2.05, 4.69) is 65.4 Å². The average Bonchev–Trinajstić information content (AvgIpc) is 2.87. The van der Waals surface area contributed by atoms with Crippen LogP contribution in [0.25, 0.3) is 10.9 Å². The van der Waals surface area contributed by atoms with E-state index in [4.69, 9.17) is 5.73 Å². The Kier molecular flexibility index (Phi) is 4.37. The van der Waals surface area contributed by atoms with Gasteiger partial charge in [-0.2, -0.15) is 0 Å². The van der Waals surface area contributed by atoms with Crippen molar-refractivity contribution in [2.45, 2.75) is 25.8 Å². The van der Waals surface area contributed by atoms with Crippen molar-refractivity contribution in [1.29, 1.82) is 0 Å². The Morgan fingerprint density at radius 1 is 0.857 bits per heavy atom. The van der Waals surface area contributed by atoms with Crippen molar-refractivity contribution in [3.63, 3.8) is 0 Å². The Morgan fingerprint density at radius 2 is 1.62 bits per heavy atom. The summed E-state index contributed by atoms with van der Waals surface area (Å²) in [7, 11) is 0. The van der Waals surface area contributed by atoms with E-state index in [0.717, 1.165) is 25.8 Å². The van der Waals surface area contributed by atoms with Gasteiger partial charge in [-0.3, -0.25) is 0 Å². The standard InChI is InChI=1S/C19H22N2/c20-13-12-17-15-21(19-11-5-4-10-18(17)19)14-6-9-16-7-2-1-3-8-16/h1-5,7-8,10-11,15H,6,9,12-14,20H2. The molecule has 1 heterocycles. The zero-order chi connectivity index (χ0) is 14.5. The molecule has 3 rings (SSSR count). The summed E-state index contributed by atoms with van der Waals surface area (Å²) in [6.07, 6.45) is 5.51.